The van der Waals surface area contributed by atoms with Crippen molar-refractivity contribution in [3.05, 3.63) is 78.6 Å². The largest absolute Gasteiger partial charge is 0.353 e. The molecule has 3 aromatic rings. The fourth-order valence-electron chi connectivity index (χ4n) is 3.59. The fraction of sp³-hybridized carbons (Fsp3) is 0.320. The monoisotopic (exact) mass is 418 g/mol. The first kappa shape index (κ1) is 22.3. The molecule has 1 heterocycles. The molecule has 0 unspecified atom stereocenters. The number of hydrogen-bond donors (Lipinski definition) is 1. The molecule has 1 N–H and O–H groups in total. The van der Waals surface area contributed by atoms with Gasteiger partial charge in [0.15, 0.2) is 0 Å². The molecule has 2 amide bonds. The van der Waals surface area contributed by atoms with Crippen molar-refractivity contribution < 1.29 is 9.59 Å². The number of fused-ring (bicyclic) bond motifs is 1. The number of carbonyl (C=O) groups excluding carboxylic acids is 2. The van der Waals surface area contributed by atoms with E-state index in [1.807, 2.05) is 77.9 Å². The molecular weight excluding hydrogens is 388 g/mol. The number of imidazole rings is 1. The van der Waals surface area contributed by atoms with E-state index in [-0.39, 0.29) is 24.4 Å². The number of aryl methyl sites for hydroxylation is 1. The Labute approximate surface area is 183 Å². The van der Waals surface area contributed by atoms with Crippen LogP contribution in [0.25, 0.3) is 11.0 Å². The zero-order valence-electron chi connectivity index (χ0n) is 18.3. The maximum absolute atomic E-state index is 13.3. The summed E-state index contributed by atoms with van der Waals surface area (Å²) in [5.74, 6) is 0.728. The van der Waals surface area contributed by atoms with Crippen molar-refractivity contribution in [1.29, 1.82) is 0 Å². The molecular formula is C25H30N4O2. The number of rotatable bonds is 10. The molecule has 2 aromatic carbocycles. The van der Waals surface area contributed by atoms with Crippen LogP contribution in [0.4, 0.5) is 0 Å². The lowest BCUT2D eigenvalue weighted by Gasteiger charge is -2.27. The van der Waals surface area contributed by atoms with Crippen LogP contribution in [0.2, 0.25) is 0 Å². The van der Waals surface area contributed by atoms with Gasteiger partial charge in [-0.2, -0.15) is 0 Å². The highest BCUT2D eigenvalue weighted by atomic mass is 16.2. The summed E-state index contributed by atoms with van der Waals surface area (Å²) in [6.45, 7) is 8.89. The number of carbonyl (C=O) groups is 2. The van der Waals surface area contributed by atoms with Crippen molar-refractivity contribution >= 4 is 22.8 Å². The predicted octanol–water partition coefficient (Wildman–Crippen LogP) is 3.71. The summed E-state index contributed by atoms with van der Waals surface area (Å²) in [7, 11) is 0. The summed E-state index contributed by atoms with van der Waals surface area (Å²) in [6, 6.07) is 18.0. The Kier molecular flexibility index (Phi) is 7.60. The van der Waals surface area contributed by atoms with Crippen molar-refractivity contribution in [2.24, 2.45) is 0 Å². The van der Waals surface area contributed by atoms with Gasteiger partial charge in [-0.1, -0.05) is 49.0 Å². The van der Waals surface area contributed by atoms with Crippen molar-refractivity contribution in [1.82, 2.24) is 19.8 Å². The molecule has 0 atom stereocenters. The lowest BCUT2D eigenvalue weighted by atomic mass is 10.2. The van der Waals surface area contributed by atoms with Crippen molar-refractivity contribution in [3.8, 4) is 0 Å². The Bertz CT molecular complexity index is 1040. The lowest BCUT2D eigenvalue weighted by Crippen LogP contribution is -2.38. The van der Waals surface area contributed by atoms with Crippen LogP contribution in [0.15, 0.2) is 67.3 Å². The summed E-state index contributed by atoms with van der Waals surface area (Å²) in [5.41, 5.74) is 2.93. The van der Waals surface area contributed by atoms with E-state index in [2.05, 4.69) is 11.9 Å². The van der Waals surface area contributed by atoms with Gasteiger partial charge in [0, 0.05) is 25.6 Å². The number of nitrogens with one attached hydrogen (secondary N) is 1. The first-order chi connectivity index (χ1) is 15.0. The van der Waals surface area contributed by atoms with Gasteiger partial charge in [0.2, 0.25) is 11.8 Å². The lowest BCUT2D eigenvalue weighted by molar-refractivity contribution is -0.134. The second kappa shape index (κ2) is 10.6. The SMILES string of the molecule is C=CC(=O)NCCCc1nc2ccccc2n1CC(=O)N(Cc1ccccc1)C(C)C. The summed E-state index contributed by atoms with van der Waals surface area (Å²) in [4.78, 5) is 31.3. The number of aromatic nitrogens is 2. The molecule has 0 radical (unpaired) electrons. The Morgan fingerprint density at radius 2 is 1.84 bits per heavy atom. The Morgan fingerprint density at radius 3 is 2.55 bits per heavy atom. The van der Waals surface area contributed by atoms with Gasteiger partial charge in [-0.25, -0.2) is 4.98 Å². The molecule has 0 spiro atoms. The third kappa shape index (κ3) is 5.81. The molecule has 0 aliphatic rings. The first-order valence-corrected chi connectivity index (χ1v) is 10.7. The molecule has 6 nitrogen and oxygen atoms in total. The number of benzene rings is 2. The molecule has 0 aliphatic heterocycles. The van der Waals surface area contributed by atoms with Crippen LogP contribution in [0.5, 0.6) is 0 Å². The molecule has 162 valence electrons. The van der Waals surface area contributed by atoms with E-state index in [0.29, 0.717) is 19.5 Å². The Morgan fingerprint density at radius 1 is 1.13 bits per heavy atom. The number of nitrogens with zero attached hydrogens (tertiary/aromatic N) is 3. The van der Waals surface area contributed by atoms with Gasteiger partial charge >= 0.3 is 0 Å². The van der Waals surface area contributed by atoms with Gasteiger partial charge in [0.25, 0.3) is 0 Å². The number of para-hydroxylation sites is 2. The van der Waals surface area contributed by atoms with Crippen molar-refractivity contribution in [2.75, 3.05) is 6.54 Å². The predicted molar refractivity (Wildman–Crippen MR) is 123 cm³/mol. The topological polar surface area (TPSA) is 67.2 Å². The molecule has 31 heavy (non-hydrogen) atoms. The quantitative estimate of drug-likeness (QED) is 0.403. The van der Waals surface area contributed by atoms with Crippen LogP contribution >= 0.6 is 0 Å². The molecule has 0 saturated carbocycles. The van der Waals surface area contributed by atoms with E-state index < -0.39 is 0 Å². The highest BCUT2D eigenvalue weighted by Gasteiger charge is 2.20. The van der Waals surface area contributed by atoms with Crippen LogP contribution in [0.3, 0.4) is 0 Å². The smallest absolute Gasteiger partial charge is 0.243 e. The molecule has 0 aliphatic carbocycles. The summed E-state index contributed by atoms with van der Waals surface area (Å²) < 4.78 is 2.01. The third-order valence-corrected chi connectivity index (χ3v) is 5.23. The molecule has 1 aromatic heterocycles. The van der Waals surface area contributed by atoms with Gasteiger partial charge in [0.05, 0.1) is 11.0 Å². The average Bonchev–Trinajstić information content (AvgIpc) is 3.12. The van der Waals surface area contributed by atoms with E-state index in [1.54, 1.807) is 0 Å². The maximum atomic E-state index is 13.3. The highest BCUT2D eigenvalue weighted by molar-refractivity contribution is 5.86. The normalized spacial score (nSPS) is 10.9. The fourth-order valence-corrected chi connectivity index (χ4v) is 3.59. The number of amides is 2. The van der Waals surface area contributed by atoms with E-state index in [0.717, 1.165) is 28.8 Å². The minimum Gasteiger partial charge on any atom is -0.353 e. The van der Waals surface area contributed by atoms with E-state index in [4.69, 9.17) is 4.98 Å². The van der Waals surface area contributed by atoms with Crippen LogP contribution in [0.1, 0.15) is 31.7 Å². The molecule has 6 heteroatoms. The summed E-state index contributed by atoms with van der Waals surface area (Å²) in [6.07, 6.45) is 2.66. The zero-order chi connectivity index (χ0) is 22.2. The highest BCUT2D eigenvalue weighted by Crippen LogP contribution is 2.18. The van der Waals surface area contributed by atoms with Crippen LogP contribution in [-0.4, -0.2) is 38.9 Å². The standard InChI is InChI=1S/C25H30N4O2/c1-4-24(30)26-16-10-15-23-27-21-13-8-9-14-22(21)29(23)18-25(31)28(19(2)3)17-20-11-6-5-7-12-20/h4-9,11-14,19H,1,10,15-18H2,2-3H3,(H,26,30). The Hall–Kier alpha value is -3.41. The first-order valence-electron chi connectivity index (χ1n) is 10.7. The Balaban J connectivity index is 1.78. The molecule has 0 fully saturated rings. The molecule has 0 bridgehead atoms. The second-order valence-electron chi connectivity index (χ2n) is 7.80. The van der Waals surface area contributed by atoms with Crippen molar-refractivity contribution in [3.63, 3.8) is 0 Å². The van der Waals surface area contributed by atoms with Crippen molar-refractivity contribution in [2.45, 2.75) is 45.8 Å². The van der Waals surface area contributed by atoms with E-state index in [1.165, 1.54) is 6.08 Å². The minimum atomic E-state index is -0.183. The third-order valence-electron chi connectivity index (χ3n) is 5.23. The molecule has 0 saturated heterocycles. The van der Waals surface area contributed by atoms with Gasteiger partial charge in [-0.15, -0.1) is 0 Å². The molecule has 3 rings (SSSR count). The van der Waals surface area contributed by atoms with Crippen LogP contribution < -0.4 is 5.32 Å². The summed E-state index contributed by atoms with van der Waals surface area (Å²) in [5, 5.41) is 2.79. The number of hydrogen-bond acceptors (Lipinski definition) is 3. The van der Waals surface area contributed by atoms with Crippen LogP contribution in [-0.2, 0) is 29.1 Å². The van der Waals surface area contributed by atoms with Gasteiger partial charge in [-0.3, -0.25) is 9.59 Å². The average molecular weight is 419 g/mol. The maximum Gasteiger partial charge on any atom is 0.243 e. The minimum absolute atomic E-state index is 0.0585. The van der Waals surface area contributed by atoms with Crippen LogP contribution in [0, 0.1) is 0 Å². The van der Waals surface area contributed by atoms with Gasteiger partial charge in [-0.05, 0) is 44.0 Å². The van der Waals surface area contributed by atoms with Gasteiger partial charge < -0.3 is 14.8 Å². The van der Waals surface area contributed by atoms with E-state index in [9.17, 15) is 9.59 Å². The van der Waals surface area contributed by atoms with Gasteiger partial charge in [0.1, 0.15) is 12.4 Å². The zero-order valence-corrected chi connectivity index (χ0v) is 18.3. The summed E-state index contributed by atoms with van der Waals surface area (Å²) >= 11 is 0. The van der Waals surface area contributed by atoms with E-state index >= 15 is 0 Å². The second-order valence-corrected chi connectivity index (χ2v) is 7.80.